The molecule has 1 saturated heterocycles. The number of hydrogen-bond donors (Lipinski definition) is 1. The van der Waals surface area contributed by atoms with Gasteiger partial charge >= 0.3 is 6.09 Å². The maximum atomic E-state index is 12.5. The van der Waals surface area contributed by atoms with E-state index in [1.807, 2.05) is 30.3 Å². The van der Waals surface area contributed by atoms with Crippen molar-refractivity contribution < 1.29 is 14.3 Å². The Hall–Kier alpha value is -2.04. The fraction of sp³-hybridized carbons (Fsp3) is 0.429. The summed E-state index contributed by atoms with van der Waals surface area (Å²) in [6.07, 6.45) is 1.44. The Morgan fingerprint density at radius 3 is 2.42 bits per heavy atom. The van der Waals surface area contributed by atoms with E-state index in [0.717, 1.165) is 31.5 Å². The van der Waals surface area contributed by atoms with Crippen molar-refractivity contribution in [2.75, 3.05) is 20.2 Å². The molecular weight excluding hydrogens is 244 g/mol. The zero-order valence-corrected chi connectivity index (χ0v) is 11.0. The second-order valence-electron chi connectivity index (χ2n) is 4.51. The first-order valence-electron chi connectivity index (χ1n) is 6.40. The lowest BCUT2D eigenvalue weighted by molar-refractivity contribution is -0.132. The summed E-state index contributed by atoms with van der Waals surface area (Å²) in [5, 5.41) is 2.61. The molecule has 1 atom stereocenters. The largest absolute Gasteiger partial charge is 0.453 e. The predicted octanol–water partition coefficient (Wildman–Crippen LogP) is 1.71. The molecule has 1 aromatic rings. The Bertz CT molecular complexity index is 441. The minimum absolute atomic E-state index is 0.0749. The van der Waals surface area contributed by atoms with Crippen LogP contribution in [0.3, 0.4) is 0 Å². The van der Waals surface area contributed by atoms with Crippen LogP contribution in [0.4, 0.5) is 4.79 Å². The van der Waals surface area contributed by atoms with E-state index in [-0.39, 0.29) is 5.91 Å². The van der Waals surface area contributed by atoms with Gasteiger partial charge in [0.1, 0.15) is 6.04 Å². The Morgan fingerprint density at radius 2 is 1.84 bits per heavy atom. The molecule has 1 aliphatic heterocycles. The van der Waals surface area contributed by atoms with Gasteiger partial charge in [-0.25, -0.2) is 4.79 Å². The summed E-state index contributed by atoms with van der Waals surface area (Å²) in [5.74, 6) is -0.0749. The van der Waals surface area contributed by atoms with Crippen molar-refractivity contribution in [2.24, 2.45) is 0 Å². The molecule has 1 heterocycles. The van der Waals surface area contributed by atoms with Crippen LogP contribution < -0.4 is 5.32 Å². The first kappa shape index (κ1) is 13.4. The minimum Gasteiger partial charge on any atom is -0.453 e. The van der Waals surface area contributed by atoms with Gasteiger partial charge in [0.15, 0.2) is 0 Å². The predicted molar refractivity (Wildman–Crippen MR) is 70.5 cm³/mol. The highest BCUT2D eigenvalue weighted by Gasteiger charge is 2.29. The average Bonchev–Trinajstić information content (AvgIpc) is 2.99. The van der Waals surface area contributed by atoms with Gasteiger partial charge in [-0.3, -0.25) is 4.79 Å². The molecule has 19 heavy (non-hydrogen) atoms. The lowest BCUT2D eigenvalue weighted by atomic mass is 10.1. The molecule has 2 rings (SSSR count). The van der Waals surface area contributed by atoms with Gasteiger partial charge in [0, 0.05) is 13.1 Å². The topological polar surface area (TPSA) is 58.6 Å². The summed E-state index contributed by atoms with van der Waals surface area (Å²) in [6.45, 7) is 1.51. The molecular formula is C14H18N2O3. The molecule has 1 fully saturated rings. The van der Waals surface area contributed by atoms with E-state index in [9.17, 15) is 9.59 Å². The molecule has 1 N–H and O–H groups in total. The molecule has 2 amide bonds. The van der Waals surface area contributed by atoms with Gasteiger partial charge in [-0.2, -0.15) is 0 Å². The zero-order chi connectivity index (χ0) is 13.7. The highest BCUT2D eigenvalue weighted by atomic mass is 16.5. The van der Waals surface area contributed by atoms with Crippen LogP contribution >= 0.6 is 0 Å². The molecule has 0 radical (unpaired) electrons. The Kier molecular flexibility index (Phi) is 4.39. The Balaban J connectivity index is 2.18. The summed E-state index contributed by atoms with van der Waals surface area (Å²) < 4.78 is 4.59. The van der Waals surface area contributed by atoms with E-state index in [1.54, 1.807) is 4.90 Å². The van der Waals surface area contributed by atoms with Crippen LogP contribution in [-0.4, -0.2) is 37.1 Å². The van der Waals surface area contributed by atoms with Gasteiger partial charge in [-0.05, 0) is 18.4 Å². The van der Waals surface area contributed by atoms with Gasteiger partial charge in [-0.15, -0.1) is 0 Å². The van der Waals surface area contributed by atoms with Gasteiger partial charge in [-0.1, -0.05) is 30.3 Å². The molecule has 0 unspecified atom stereocenters. The van der Waals surface area contributed by atoms with E-state index in [2.05, 4.69) is 10.1 Å². The van der Waals surface area contributed by atoms with Crippen molar-refractivity contribution in [1.82, 2.24) is 10.2 Å². The van der Waals surface area contributed by atoms with Gasteiger partial charge in [0.05, 0.1) is 7.11 Å². The van der Waals surface area contributed by atoms with Gasteiger partial charge in [0.2, 0.25) is 5.91 Å². The number of carbonyl (C=O) groups is 2. The number of hydrogen-bond acceptors (Lipinski definition) is 3. The maximum absolute atomic E-state index is 12.5. The van der Waals surface area contributed by atoms with Crippen LogP contribution in [0, 0.1) is 0 Å². The third-order valence-corrected chi connectivity index (χ3v) is 3.25. The summed E-state index contributed by atoms with van der Waals surface area (Å²) in [7, 11) is 1.29. The first-order valence-corrected chi connectivity index (χ1v) is 6.40. The highest BCUT2D eigenvalue weighted by Crippen LogP contribution is 2.19. The SMILES string of the molecule is COC(=O)N[C@H](C(=O)N1CCCC1)c1ccccc1. The van der Waals surface area contributed by atoms with Crippen LogP contribution in [0.2, 0.25) is 0 Å². The molecule has 5 heteroatoms. The van der Waals surface area contributed by atoms with Crippen molar-refractivity contribution in [3.8, 4) is 0 Å². The van der Waals surface area contributed by atoms with E-state index in [1.165, 1.54) is 7.11 Å². The molecule has 0 bridgehead atoms. The molecule has 102 valence electrons. The molecule has 0 spiro atoms. The van der Waals surface area contributed by atoms with Crippen LogP contribution in [0.1, 0.15) is 24.4 Å². The lowest BCUT2D eigenvalue weighted by Crippen LogP contribution is -2.41. The number of amides is 2. The van der Waals surface area contributed by atoms with Crippen LogP contribution in [-0.2, 0) is 9.53 Å². The first-order chi connectivity index (χ1) is 9.22. The average molecular weight is 262 g/mol. The zero-order valence-electron chi connectivity index (χ0n) is 11.0. The Morgan fingerprint density at radius 1 is 1.21 bits per heavy atom. The third kappa shape index (κ3) is 3.24. The number of methoxy groups -OCH3 is 1. The normalized spacial score (nSPS) is 15.9. The van der Waals surface area contributed by atoms with Crippen molar-refractivity contribution >= 4 is 12.0 Å². The number of likely N-dealkylation sites (tertiary alicyclic amines) is 1. The highest BCUT2D eigenvalue weighted by molar-refractivity contribution is 5.87. The van der Waals surface area contributed by atoms with E-state index in [4.69, 9.17) is 0 Å². The van der Waals surface area contributed by atoms with Crippen LogP contribution in [0.25, 0.3) is 0 Å². The maximum Gasteiger partial charge on any atom is 0.407 e. The summed E-state index contributed by atoms with van der Waals surface area (Å²) in [5.41, 5.74) is 0.768. The quantitative estimate of drug-likeness (QED) is 0.902. The molecule has 0 aromatic heterocycles. The number of rotatable bonds is 3. The molecule has 1 aromatic carbocycles. The summed E-state index contributed by atoms with van der Waals surface area (Å²) in [6, 6.07) is 8.55. The fourth-order valence-electron chi connectivity index (χ4n) is 2.23. The standard InChI is InChI=1S/C14H18N2O3/c1-19-14(18)15-12(11-7-3-2-4-8-11)13(17)16-9-5-6-10-16/h2-4,7-8,12H,5-6,9-10H2,1H3,(H,15,18)/t12-/m0/s1. The Labute approximate surface area is 112 Å². The molecule has 1 aliphatic rings. The molecule has 0 saturated carbocycles. The summed E-state index contributed by atoms with van der Waals surface area (Å²) in [4.78, 5) is 25.6. The monoisotopic (exact) mass is 262 g/mol. The minimum atomic E-state index is -0.674. The van der Waals surface area contributed by atoms with Crippen molar-refractivity contribution in [1.29, 1.82) is 0 Å². The number of carbonyl (C=O) groups excluding carboxylic acids is 2. The van der Waals surface area contributed by atoms with E-state index in [0.29, 0.717) is 0 Å². The van der Waals surface area contributed by atoms with Crippen molar-refractivity contribution in [3.63, 3.8) is 0 Å². The van der Waals surface area contributed by atoms with Crippen molar-refractivity contribution in [3.05, 3.63) is 35.9 Å². The van der Waals surface area contributed by atoms with Crippen molar-refractivity contribution in [2.45, 2.75) is 18.9 Å². The fourth-order valence-corrected chi connectivity index (χ4v) is 2.23. The number of nitrogens with zero attached hydrogens (tertiary/aromatic N) is 1. The van der Waals surface area contributed by atoms with Crippen LogP contribution in [0.5, 0.6) is 0 Å². The smallest absolute Gasteiger partial charge is 0.407 e. The van der Waals surface area contributed by atoms with E-state index >= 15 is 0 Å². The van der Waals surface area contributed by atoms with Gasteiger partial charge in [0.25, 0.3) is 0 Å². The van der Waals surface area contributed by atoms with E-state index < -0.39 is 12.1 Å². The molecule has 5 nitrogen and oxygen atoms in total. The second-order valence-corrected chi connectivity index (χ2v) is 4.51. The third-order valence-electron chi connectivity index (χ3n) is 3.25. The second kappa shape index (κ2) is 6.22. The number of alkyl carbamates (subject to hydrolysis) is 1. The number of ether oxygens (including phenoxy) is 1. The summed E-state index contributed by atoms with van der Waals surface area (Å²) >= 11 is 0. The number of nitrogens with one attached hydrogen (secondary N) is 1. The lowest BCUT2D eigenvalue weighted by Gasteiger charge is -2.23. The van der Waals surface area contributed by atoms with Gasteiger partial charge < -0.3 is 15.0 Å². The molecule has 0 aliphatic carbocycles. The number of benzene rings is 1. The van der Waals surface area contributed by atoms with Crippen LogP contribution in [0.15, 0.2) is 30.3 Å².